The predicted molar refractivity (Wildman–Crippen MR) is 86.6 cm³/mol. The molecule has 0 spiro atoms. The normalized spacial score (nSPS) is 10.1. The van der Waals surface area contributed by atoms with E-state index in [1.54, 1.807) is 36.4 Å². The first-order chi connectivity index (χ1) is 10.5. The molecule has 0 saturated heterocycles. The van der Waals surface area contributed by atoms with Crippen LogP contribution in [0, 0.1) is 6.92 Å². The highest BCUT2D eigenvalue weighted by molar-refractivity contribution is 6.35. The number of amides is 1. The van der Waals surface area contributed by atoms with Gasteiger partial charge in [0.05, 0.1) is 16.3 Å². The van der Waals surface area contributed by atoms with Gasteiger partial charge in [-0.05, 0) is 37.3 Å². The molecule has 2 rings (SSSR count). The summed E-state index contributed by atoms with van der Waals surface area (Å²) in [5.74, 6) is -1.06. The average Bonchev–Trinajstić information content (AvgIpc) is 2.49. The number of aryl methyl sites for hydroxylation is 1. The summed E-state index contributed by atoms with van der Waals surface area (Å²) in [6.07, 6.45) is 0. The third-order valence-corrected chi connectivity index (χ3v) is 3.39. The zero-order chi connectivity index (χ0) is 16.1. The number of benzene rings is 2. The lowest BCUT2D eigenvalue weighted by atomic mass is 10.1. The van der Waals surface area contributed by atoms with Crippen LogP contribution < -0.4 is 5.32 Å². The number of esters is 1. The van der Waals surface area contributed by atoms with Crippen molar-refractivity contribution < 1.29 is 14.3 Å². The van der Waals surface area contributed by atoms with Gasteiger partial charge in [-0.15, -0.1) is 0 Å². The standard InChI is InChI=1S/C16H13Cl2NO3/c1-10-2-4-11(5-3-10)16(21)22-9-15(20)19-14-8-12(17)6-7-13(14)18/h2-8H,9H2,1H3,(H,19,20). The van der Waals surface area contributed by atoms with Crippen LogP contribution in [0.5, 0.6) is 0 Å². The second-order valence-electron chi connectivity index (χ2n) is 4.61. The second kappa shape index (κ2) is 7.29. The first kappa shape index (κ1) is 16.3. The fourth-order valence-electron chi connectivity index (χ4n) is 1.68. The van der Waals surface area contributed by atoms with Gasteiger partial charge in [-0.25, -0.2) is 4.79 Å². The molecule has 22 heavy (non-hydrogen) atoms. The Balaban J connectivity index is 1.91. The Kier molecular flexibility index (Phi) is 5.41. The van der Waals surface area contributed by atoms with Gasteiger partial charge >= 0.3 is 5.97 Å². The van der Waals surface area contributed by atoms with Crippen LogP contribution in [-0.4, -0.2) is 18.5 Å². The molecular formula is C16H13Cl2NO3. The van der Waals surface area contributed by atoms with Crippen molar-refractivity contribution in [1.29, 1.82) is 0 Å². The number of carbonyl (C=O) groups is 2. The minimum atomic E-state index is -0.563. The van der Waals surface area contributed by atoms with E-state index >= 15 is 0 Å². The lowest BCUT2D eigenvalue weighted by Gasteiger charge is -2.08. The van der Waals surface area contributed by atoms with Gasteiger partial charge < -0.3 is 10.1 Å². The van der Waals surface area contributed by atoms with Crippen LogP contribution in [0.25, 0.3) is 0 Å². The first-order valence-electron chi connectivity index (χ1n) is 6.44. The van der Waals surface area contributed by atoms with Gasteiger partial charge in [-0.2, -0.15) is 0 Å². The van der Waals surface area contributed by atoms with Crippen LogP contribution in [0.3, 0.4) is 0 Å². The summed E-state index contributed by atoms with van der Waals surface area (Å²) in [5, 5.41) is 3.33. The molecule has 0 radical (unpaired) electrons. The number of anilines is 1. The van der Waals surface area contributed by atoms with Crippen molar-refractivity contribution >= 4 is 40.8 Å². The Morgan fingerprint density at radius 1 is 1.09 bits per heavy atom. The fraction of sp³-hybridized carbons (Fsp3) is 0.125. The Bertz CT molecular complexity index is 699. The molecule has 0 saturated carbocycles. The molecule has 0 aliphatic heterocycles. The predicted octanol–water partition coefficient (Wildman–Crippen LogP) is 4.10. The van der Waals surface area contributed by atoms with E-state index in [0.29, 0.717) is 21.3 Å². The molecule has 2 aromatic carbocycles. The van der Waals surface area contributed by atoms with E-state index in [-0.39, 0.29) is 0 Å². The summed E-state index contributed by atoms with van der Waals surface area (Å²) < 4.78 is 4.95. The zero-order valence-corrected chi connectivity index (χ0v) is 13.2. The summed E-state index contributed by atoms with van der Waals surface area (Å²) in [7, 11) is 0. The molecule has 0 aliphatic rings. The van der Waals surface area contributed by atoms with E-state index in [9.17, 15) is 9.59 Å². The van der Waals surface area contributed by atoms with Gasteiger partial charge in [0.1, 0.15) is 0 Å². The largest absolute Gasteiger partial charge is 0.452 e. The number of rotatable bonds is 4. The van der Waals surface area contributed by atoms with Crippen molar-refractivity contribution in [3.05, 3.63) is 63.6 Å². The molecular weight excluding hydrogens is 325 g/mol. The molecule has 0 heterocycles. The Hall–Kier alpha value is -2.04. The van der Waals surface area contributed by atoms with E-state index < -0.39 is 18.5 Å². The highest BCUT2D eigenvalue weighted by atomic mass is 35.5. The van der Waals surface area contributed by atoms with E-state index in [1.165, 1.54) is 6.07 Å². The van der Waals surface area contributed by atoms with Gasteiger partial charge in [-0.1, -0.05) is 40.9 Å². The quantitative estimate of drug-likeness (QED) is 0.854. The third-order valence-electron chi connectivity index (χ3n) is 2.82. The molecule has 0 fully saturated rings. The van der Waals surface area contributed by atoms with E-state index in [4.69, 9.17) is 27.9 Å². The number of nitrogens with one attached hydrogen (secondary N) is 1. The molecule has 114 valence electrons. The lowest BCUT2D eigenvalue weighted by molar-refractivity contribution is -0.119. The summed E-state index contributed by atoms with van der Waals surface area (Å²) in [6, 6.07) is 11.6. The average molecular weight is 338 g/mol. The van der Waals surface area contributed by atoms with Crippen molar-refractivity contribution in [2.24, 2.45) is 0 Å². The first-order valence-corrected chi connectivity index (χ1v) is 7.20. The van der Waals surface area contributed by atoms with Crippen molar-refractivity contribution in [2.75, 3.05) is 11.9 Å². The molecule has 4 nitrogen and oxygen atoms in total. The van der Waals surface area contributed by atoms with Crippen molar-refractivity contribution in [2.45, 2.75) is 6.92 Å². The van der Waals surface area contributed by atoms with Crippen LogP contribution >= 0.6 is 23.2 Å². The minimum Gasteiger partial charge on any atom is -0.452 e. The second-order valence-corrected chi connectivity index (χ2v) is 5.46. The molecule has 0 aromatic heterocycles. The Morgan fingerprint density at radius 3 is 2.45 bits per heavy atom. The van der Waals surface area contributed by atoms with Gasteiger partial charge in [0.2, 0.25) is 0 Å². The number of ether oxygens (including phenoxy) is 1. The van der Waals surface area contributed by atoms with Crippen molar-refractivity contribution in [3.63, 3.8) is 0 Å². The molecule has 0 bridgehead atoms. The number of hydrogen-bond acceptors (Lipinski definition) is 3. The summed E-state index contributed by atoms with van der Waals surface area (Å²) in [4.78, 5) is 23.6. The minimum absolute atomic E-state index is 0.350. The molecule has 1 N–H and O–H groups in total. The van der Waals surface area contributed by atoms with Gasteiger partial charge in [0.25, 0.3) is 5.91 Å². The van der Waals surface area contributed by atoms with Gasteiger partial charge in [0.15, 0.2) is 6.61 Å². The van der Waals surface area contributed by atoms with E-state index in [1.807, 2.05) is 6.92 Å². The topological polar surface area (TPSA) is 55.4 Å². The number of hydrogen-bond donors (Lipinski definition) is 1. The smallest absolute Gasteiger partial charge is 0.338 e. The van der Waals surface area contributed by atoms with Crippen molar-refractivity contribution in [1.82, 2.24) is 0 Å². The molecule has 0 unspecified atom stereocenters. The summed E-state index contributed by atoms with van der Waals surface area (Å²) in [5.41, 5.74) is 1.79. The molecule has 0 atom stereocenters. The lowest BCUT2D eigenvalue weighted by Crippen LogP contribution is -2.21. The van der Waals surface area contributed by atoms with Crippen LogP contribution in [0.4, 0.5) is 5.69 Å². The molecule has 2 aromatic rings. The highest BCUT2D eigenvalue weighted by Gasteiger charge is 2.11. The van der Waals surface area contributed by atoms with Gasteiger partial charge in [-0.3, -0.25) is 4.79 Å². The number of halogens is 2. The molecule has 6 heteroatoms. The number of carbonyl (C=O) groups excluding carboxylic acids is 2. The van der Waals surface area contributed by atoms with Crippen molar-refractivity contribution in [3.8, 4) is 0 Å². The van der Waals surface area contributed by atoms with Crippen LogP contribution in [-0.2, 0) is 9.53 Å². The Morgan fingerprint density at radius 2 is 1.77 bits per heavy atom. The monoisotopic (exact) mass is 337 g/mol. The SMILES string of the molecule is Cc1ccc(C(=O)OCC(=O)Nc2cc(Cl)ccc2Cl)cc1. The summed E-state index contributed by atoms with van der Waals surface area (Å²) >= 11 is 11.8. The third kappa shape index (κ3) is 4.48. The maximum absolute atomic E-state index is 11.8. The summed E-state index contributed by atoms with van der Waals surface area (Å²) in [6.45, 7) is 1.51. The maximum Gasteiger partial charge on any atom is 0.338 e. The van der Waals surface area contributed by atoms with Gasteiger partial charge in [0, 0.05) is 5.02 Å². The molecule has 0 aliphatic carbocycles. The van der Waals surface area contributed by atoms with Crippen LogP contribution in [0.1, 0.15) is 15.9 Å². The van der Waals surface area contributed by atoms with Crippen LogP contribution in [0.15, 0.2) is 42.5 Å². The van der Waals surface area contributed by atoms with Crippen LogP contribution in [0.2, 0.25) is 10.0 Å². The zero-order valence-electron chi connectivity index (χ0n) is 11.7. The highest BCUT2D eigenvalue weighted by Crippen LogP contribution is 2.25. The maximum atomic E-state index is 11.8. The fourth-order valence-corrected chi connectivity index (χ4v) is 2.02. The Labute approximate surface area is 138 Å². The van der Waals surface area contributed by atoms with E-state index in [2.05, 4.69) is 5.32 Å². The van der Waals surface area contributed by atoms with E-state index in [0.717, 1.165) is 5.56 Å². The molecule has 1 amide bonds.